The van der Waals surface area contributed by atoms with Crippen LogP contribution in [-0.4, -0.2) is 22.3 Å². The van der Waals surface area contributed by atoms with Crippen LogP contribution < -0.4 is 0 Å². The third-order valence-corrected chi connectivity index (χ3v) is 7.46. The van der Waals surface area contributed by atoms with Crippen molar-refractivity contribution in [2.75, 3.05) is 0 Å². The molecular formula is C31H54O3. The van der Waals surface area contributed by atoms with Gasteiger partial charge >= 0.3 is 5.97 Å². The summed E-state index contributed by atoms with van der Waals surface area (Å²) in [5.74, 6) is -0.686. The summed E-state index contributed by atoms with van der Waals surface area (Å²) in [4.78, 5) is 11.6. The molecule has 0 saturated heterocycles. The van der Waals surface area contributed by atoms with E-state index < -0.39 is 11.4 Å². The van der Waals surface area contributed by atoms with Crippen molar-refractivity contribution in [3.63, 3.8) is 0 Å². The predicted molar refractivity (Wildman–Crippen MR) is 145 cm³/mol. The molecule has 0 radical (unpaired) electrons. The number of aliphatic carboxylic acids is 1. The van der Waals surface area contributed by atoms with Crippen LogP contribution in [0.5, 0.6) is 0 Å². The molecule has 34 heavy (non-hydrogen) atoms. The molecule has 0 heterocycles. The first-order chi connectivity index (χ1) is 16.5. The lowest BCUT2D eigenvalue weighted by Gasteiger charge is -2.25. The number of aryl methyl sites for hydroxylation is 1. The van der Waals surface area contributed by atoms with Gasteiger partial charge in [-0.15, -0.1) is 0 Å². The van der Waals surface area contributed by atoms with Crippen molar-refractivity contribution in [2.24, 2.45) is 5.41 Å². The maximum absolute atomic E-state index is 11.6. The summed E-state index contributed by atoms with van der Waals surface area (Å²) in [6.07, 6.45) is 22.6. The Morgan fingerprint density at radius 1 is 0.735 bits per heavy atom. The van der Waals surface area contributed by atoms with E-state index in [2.05, 4.69) is 37.3 Å². The Labute approximate surface area is 210 Å². The summed E-state index contributed by atoms with van der Waals surface area (Å²) in [5.41, 5.74) is 0.844. The largest absolute Gasteiger partial charge is 0.481 e. The Morgan fingerprint density at radius 3 is 1.74 bits per heavy atom. The Bertz CT molecular complexity index is 600. The second-order valence-electron chi connectivity index (χ2n) is 10.8. The van der Waals surface area contributed by atoms with Crippen LogP contribution in [0.25, 0.3) is 0 Å². The average Bonchev–Trinajstić information content (AvgIpc) is 2.83. The van der Waals surface area contributed by atoms with Gasteiger partial charge in [-0.3, -0.25) is 4.79 Å². The van der Waals surface area contributed by atoms with Crippen LogP contribution in [0, 0.1) is 5.41 Å². The first-order valence-corrected chi connectivity index (χ1v) is 14.4. The predicted octanol–water partition coefficient (Wildman–Crippen LogP) is 9.11. The highest BCUT2D eigenvalue weighted by molar-refractivity contribution is 5.74. The molecule has 2 N–H and O–H groups in total. The zero-order valence-corrected chi connectivity index (χ0v) is 22.4. The summed E-state index contributed by atoms with van der Waals surface area (Å²) >= 11 is 0. The van der Waals surface area contributed by atoms with Crippen LogP contribution in [0.1, 0.15) is 141 Å². The number of rotatable bonds is 23. The van der Waals surface area contributed by atoms with Gasteiger partial charge in [0, 0.05) is 0 Å². The quantitative estimate of drug-likeness (QED) is 0.155. The highest BCUT2D eigenvalue weighted by Crippen LogP contribution is 2.31. The van der Waals surface area contributed by atoms with E-state index in [1.165, 1.54) is 82.6 Å². The van der Waals surface area contributed by atoms with Crippen molar-refractivity contribution in [1.82, 2.24) is 0 Å². The number of aliphatic hydroxyl groups excluding tert-OH is 1. The maximum atomic E-state index is 11.6. The van der Waals surface area contributed by atoms with Crippen molar-refractivity contribution < 1.29 is 15.0 Å². The minimum absolute atomic E-state index is 0.267. The molecule has 0 bridgehead atoms. The second kappa shape index (κ2) is 19.9. The minimum atomic E-state index is -0.686. The van der Waals surface area contributed by atoms with Crippen molar-refractivity contribution in [3.05, 3.63) is 35.9 Å². The summed E-state index contributed by atoms with van der Waals surface area (Å²) < 4.78 is 0. The molecule has 2 unspecified atom stereocenters. The Hall–Kier alpha value is -1.35. The molecular weight excluding hydrogens is 420 g/mol. The van der Waals surface area contributed by atoms with Gasteiger partial charge in [0.1, 0.15) is 0 Å². The third kappa shape index (κ3) is 15.5. The molecule has 3 nitrogen and oxygen atoms in total. The first-order valence-electron chi connectivity index (χ1n) is 14.4. The lowest BCUT2D eigenvalue weighted by molar-refractivity contribution is -0.149. The molecule has 2 atom stereocenters. The van der Waals surface area contributed by atoms with E-state index in [1.54, 1.807) is 0 Å². The highest BCUT2D eigenvalue weighted by atomic mass is 16.4. The molecule has 0 aromatic heterocycles. The van der Waals surface area contributed by atoms with Gasteiger partial charge in [0.2, 0.25) is 0 Å². The number of hydrogen-bond donors (Lipinski definition) is 2. The van der Waals surface area contributed by atoms with Crippen molar-refractivity contribution >= 4 is 5.97 Å². The van der Waals surface area contributed by atoms with Gasteiger partial charge in [-0.1, -0.05) is 121 Å². The van der Waals surface area contributed by atoms with Gasteiger partial charge in [-0.25, -0.2) is 0 Å². The Balaban J connectivity index is 1.86. The van der Waals surface area contributed by atoms with E-state index in [0.717, 1.165) is 44.9 Å². The van der Waals surface area contributed by atoms with Crippen LogP contribution in [-0.2, 0) is 11.2 Å². The second-order valence-corrected chi connectivity index (χ2v) is 10.8. The standard InChI is InChI=1S/C31H54O3/c1-3-4-26-31(2,30(33)34)27-20-25-29(32)24-19-14-12-10-8-6-5-7-9-11-13-16-21-28-22-17-15-18-23-28/h15,17-18,22-23,29,32H,3-14,16,19-21,24-27H2,1-2H3,(H,33,34). The third-order valence-electron chi connectivity index (χ3n) is 7.46. The van der Waals surface area contributed by atoms with Gasteiger partial charge in [-0.05, 0) is 57.4 Å². The van der Waals surface area contributed by atoms with E-state index in [-0.39, 0.29) is 6.10 Å². The van der Waals surface area contributed by atoms with Crippen LogP contribution in [0.15, 0.2) is 30.3 Å². The van der Waals surface area contributed by atoms with Crippen LogP contribution in [0.3, 0.4) is 0 Å². The topological polar surface area (TPSA) is 57.5 Å². The summed E-state index contributed by atoms with van der Waals surface area (Å²) in [5, 5.41) is 19.8. The monoisotopic (exact) mass is 474 g/mol. The van der Waals surface area contributed by atoms with Gasteiger partial charge in [0.05, 0.1) is 11.5 Å². The molecule has 0 fully saturated rings. The van der Waals surface area contributed by atoms with Gasteiger partial charge in [0.25, 0.3) is 0 Å². The number of aliphatic hydroxyl groups is 1. The Morgan fingerprint density at radius 2 is 1.21 bits per heavy atom. The SMILES string of the molecule is CCCCC(C)(CCCC(O)CCCCCCCCCCCCCCc1ccccc1)C(=O)O. The zero-order chi connectivity index (χ0) is 24.9. The van der Waals surface area contributed by atoms with Gasteiger partial charge < -0.3 is 10.2 Å². The van der Waals surface area contributed by atoms with E-state index >= 15 is 0 Å². The molecule has 1 aromatic rings. The lowest BCUT2D eigenvalue weighted by Crippen LogP contribution is -2.27. The average molecular weight is 475 g/mol. The fourth-order valence-corrected chi connectivity index (χ4v) is 4.90. The van der Waals surface area contributed by atoms with Gasteiger partial charge in [0.15, 0.2) is 0 Å². The number of carbonyl (C=O) groups is 1. The van der Waals surface area contributed by atoms with Crippen LogP contribution >= 0.6 is 0 Å². The summed E-state index contributed by atoms with van der Waals surface area (Å²) in [6, 6.07) is 10.8. The molecule has 0 aliphatic rings. The fourth-order valence-electron chi connectivity index (χ4n) is 4.90. The van der Waals surface area contributed by atoms with Crippen molar-refractivity contribution in [3.8, 4) is 0 Å². The summed E-state index contributed by atoms with van der Waals surface area (Å²) in [7, 11) is 0. The molecule has 196 valence electrons. The molecule has 0 aliphatic carbocycles. The smallest absolute Gasteiger partial charge is 0.309 e. The van der Waals surface area contributed by atoms with E-state index in [0.29, 0.717) is 6.42 Å². The van der Waals surface area contributed by atoms with Crippen molar-refractivity contribution in [1.29, 1.82) is 0 Å². The lowest BCUT2D eigenvalue weighted by atomic mass is 9.80. The minimum Gasteiger partial charge on any atom is -0.481 e. The number of hydrogen-bond acceptors (Lipinski definition) is 2. The molecule has 1 rings (SSSR count). The molecule has 3 heteroatoms. The molecule has 0 amide bonds. The van der Waals surface area contributed by atoms with Crippen molar-refractivity contribution in [2.45, 2.75) is 148 Å². The number of unbranched alkanes of at least 4 members (excludes halogenated alkanes) is 12. The van der Waals surface area contributed by atoms with E-state index in [1.807, 2.05) is 6.92 Å². The zero-order valence-electron chi connectivity index (χ0n) is 22.4. The van der Waals surface area contributed by atoms with E-state index in [4.69, 9.17) is 0 Å². The summed E-state index contributed by atoms with van der Waals surface area (Å²) in [6.45, 7) is 3.97. The first kappa shape index (κ1) is 30.7. The number of carboxylic acids is 1. The molecule has 0 spiro atoms. The maximum Gasteiger partial charge on any atom is 0.309 e. The number of benzene rings is 1. The molecule has 0 saturated carbocycles. The normalized spacial score (nSPS) is 14.1. The van der Waals surface area contributed by atoms with Crippen LogP contribution in [0.4, 0.5) is 0 Å². The number of carboxylic acid groups (broad SMARTS) is 1. The highest BCUT2D eigenvalue weighted by Gasteiger charge is 2.31. The van der Waals surface area contributed by atoms with Gasteiger partial charge in [-0.2, -0.15) is 0 Å². The molecule has 0 aliphatic heterocycles. The molecule has 1 aromatic carbocycles. The van der Waals surface area contributed by atoms with Crippen LogP contribution in [0.2, 0.25) is 0 Å². The van der Waals surface area contributed by atoms with E-state index in [9.17, 15) is 15.0 Å². The Kier molecular flexibility index (Phi) is 18.0. The fraction of sp³-hybridized carbons (Fsp3) is 0.774.